The average Bonchev–Trinajstić information content (AvgIpc) is 2.08. The van der Waals surface area contributed by atoms with Gasteiger partial charge in [-0.15, -0.1) is 0 Å². The van der Waals surface area contributed by atoms with Gasteiger partial charge in [0.25, 0.3) is 0 Å². The Labute approximate surface area is 90.0 Å². The number of ether oxygens (including phenoxy) is 2. The van der Waals surface area contributed by atoms with Gasteiger partial charge in [-0.25, -0.2) is 4.79 Å². The highest BCUT2D eigenvalue weighted by molar-refractivity contribution is 5.86. The lowest BCUT2D eigenvalue weighted by molar-refractivity contribution is -0.173. The zero-order valence-electron chi connectivity index (χ0n) is 8.60. The highest BCUT2D eigenvalue weighted by Crippen LogP contribution is 2.19. The van der Waals surface area contributed by atoms with Gasteiger partial charge in [0.15, 0.2) is 0 Å². The molecule has 4 nitrogen and oxygen atoms in total. The zero-order chi connectivity index (χ0) is 12.8. The maximum Gasteiger partial charge on any atom is 0.399 e. The Hall–Kier alpha value is -1.53. The smallest absolute Gasteiger partial charge is 0.399 e. The molecule has 0 heterocycles. The van der Waals surface area contributed by atoms with E-state index in [2.05, 4.69) is 16.1 Å². The summed E-state index contributed by atoms with van der Waals surface area (Å²) in [6.07, 6.45) is -6.24. The Morgan fingerprint density at radius 2 is 1.69 bits per heavy atom. The van der Waals surface area contributed by atoms with E-state index >= 15 is 0 Å². The predicted molar refractivity (Wildman–Crippen MR) is 47.4 cm³/mol. The average molecular weight is 240 g/mol. The molecular formula is C9H11F3O4. The van der Waals surface area contributed by atoms with E-state index in [1.54, 1.807) is 0 Å². The normalized spacial score (nSPS) is 10.8. The van der Waals surface area contributed by atoms with Crippen molar-refractivity contribution in [1.82, 2.24) is 0 Å². The van der Waals surface area contributed by atoms with E-state index in [4.69, 9.17) is 0 Å². The van der Waals surface area contributed by atoms with Crippen LogP contribution in [0.25, 0.3) is 0 Å². The fourth-order valence-electron chi connectivity index (χ4n) is 0.628. The SMILES string of the molecule is C=C(C)C(=O)OCCOC(=O)CC(F)(F)F. The fourth-order valence-corrected chi connectivity index (χ4v) is 0.628. The number of carbonyl (C=O) groups is 2. The molecule has 0 aromatic heterocycles. The first-order valence-corrected chi connectivity index (χ1v) is 4.27. The van der Waals surface area contributed by atoms with Gasteiger partial charge in [-0.1, -0.05) is 6.58 Å². The van der Waals surface area contributed by atoms with Crippen molar-refractivity contribution in [3.63, 3.8) is 0 Å². The van der Waals surface area contributed by atoms with Crippen LogP contribution in [0.1, 0.15) is 13.3 Å². The highest BCUT2D eigenvalue weighted by Gasteiger charge is 2.32. The Morgan fingerprint density at radius 3 is 2.12 bits per heavy atom. The molecule has 0 aromatic carbocycles. The summed E-state index contributed by atoms with van der Waals surface area (Å²) in [4.78, 5) is 21.3. The molecule has 0 fully saturated rings. The molecule has 0 atom stereocenters. The number of alkyl halides is 3. The van der Waals surface area contributed by atoms with Gasteiger partial charge in [0.1, 0.15) is 19.6 Å². The second kappa shape index (κ2) is 6.14. The van der Waals surface area contributed by atoms with E-state index in [1.807, 2.05) is 0 Å². The number of hydrogen-bond acceptors (Lipinski definition) is 4. The van der Waals surface area contributed by atoms with Gasteiger partial charge in [0, 0.05) is 5.57 Å². The minimum absolute atomic E-state index is 0.154. The Kier molecular flexibility index (Phi) is 5.55. The molecule has 0 saturated heterocycles. The highest BCUT2D eigenvalue weighted by atomic mass is 19.4. The first-order valence-electron chi connectivity index (χ1n) is 4.27. The lowest BCUT2D eigenvalue weighted by Crippen LogP contribution is -2.19. The van der Waals surface area contributed by atoms with E-state index in [1.165, 1.54) is 6.92 Å². The number of hydrogen-bond donors (Lipinski definition) is 0. The molecule has 0 saturated carbocycles. The number of halogens is 3. The van der Waals surface area contributed by atoms with E-state index in [-0.39, 0.29) is 12.2 Å². The second-order valence-corrected chi connectivity index (χ2v) is 2.93. The first kappa shape index (κ1) is 14.5. The summed E-state index contributed by atoms with van der Waals surface area (Å²) in [6, 6.07) is 0. The van der Waals surface area contributed by atoms with Gasteiger partial charge < -0.3 is 9.47 Å². The van der Waals surface area contributed by atoms with Crippen molar-refractivity contribution in [2.75, 3.05) is 13.2 Å². The van der Waals surface area contributed by atoms with Crippen molar-refractivity contribution < 1.29 is 32.2 Å². The van der Waals surface area contributed by atoms with Crippen LogP contribution in [0, 0.1) is 0 Å². The summed E-state index contributed by atoms with van der Waals surface area (Å²) in [5, 5.41) is 0. The lowest BCUT2D eigenvalue weighted by Gasteiger charge is -2.07. The number of rotatable bonds is 5. The maximum atomic E-state index is 11.7. The van der Waals surface area contributed by atoms with Crippen LogP contribution >= 0.6 is 0 Å². The van der Waals surface area contributed by atoms with Crippen molar-refractivity contribution in [3.05, 3.63) is 12.2 Å². The molecule has 7 heteroatoms. The summed E-state index contributed by atoms with van der Waals surface area (Å²) in [6.45, 7) is 4.00. The third-order valence-electron chi connectivity index (χ3n) is 1.27. The third kappa shape index (κ3) is 7.84. The minimum Gasteiger partial charge on any atom is -0.462 e. The summed E-state index contributed by atoms with van der Waals surface area (Å²) < 4.78 is 43.6. The van der Waals surface area contributed by atoms with E-state index < -0.39 is 31.1 Å². The van der Waals surface area contributed by atoms with Gasteiger partial charge in [-0.05, 0) is 6.92 Å². The summed E-state index contributed by atoms with van der Waals surface area (Å²) in [7, 11) is 0. The summed E-state index contributed by atoms with van der Waals surface area (Å²) >= 11 is 0. The first-order chi connectivity index (χ1) is 7.22. The van der Waals surface area contributed by atoms with Crippen LogP contribution < -0.4 is 0 Å². The van der Waals surface area contributed by atoms with Crippen molar-refractivity contribution in [1.29, 1.82) is 0 Å². The Morgan fingerprint density at radius 1 is 1.19 bits per heavy atom. The second-order valence-electron chi connectivity index (χ2n) is 2.93. The molecule has 16 heavy (non-hydrogen) atoms. The third-order valence-corrected chi connectivity index (χ3v) is 1.27. The standard InChI is InChI=1S/C9H11F3O4/c1-6(2)8(14)16-4-3-15-7(13)5-9(10,11)12/h1,3-5H2,2H3. The van der Waals surface area contributed by atoms with E-state index in [0.29, 0.717) is 0 Å². The molecule has 0 unspecified atom stereocenters. The molecule has 0 amide bonds. The molecule has 0 spiro atoms. The molecule has 92 valence electrons. The van der Waals surface area contributed by atoms with Crippen molar-refractivity contribution in [2.24, 2.45) is 0 Å². The van der Waals surface area contributed by atoms with Crippen LogP contribution in [-0.4, -0.2) is 31.3 Å². The molecule has 0 bridgehead atoms. The van der Waals surface area contributed by atoms with Crippen molar-refractivity contribution in [2.45, 2.75) is 19.5 Å². The molecule has 0 aliphatic rings. The minimum atomic E-state index is -4.59. The topological polar surface area (TPSA) is 52.6 Å². The fraction of sp³-hybridized carbons (Fsp3) is 0.556. The van der Waals surface area contributed by atoms with Gasteiger partial charge in [-0.2, -0.15) is 13.2 Å². The predicted octanol–water partition coefficient (Wildman–Crippen LogP) is 1.60. The van der Waals surface area contributed by atoms with Gasteiger partial charge in [0.2, 0.25) is 0 Å². The van der Waals surface area contributed by atoms with E-state index in [0.717, 1.165) is 0 Å². The molecule has 0 aliphatic heterocycles. The molecule has 0 aromatic rings. The summed E-state index contributed by atoms with van der Waals surface area (Å²) in [5.41, 5.74) is 0.154. The molecule has 0 N–H and O–H groups in total. The molecule has 0 rings (SSSR count). The number of carbonyl (C=O) groups excluding carboxylic acids is 2. The monoisotopic (exact) mass is 240 g/mol. The van der Waals surface area contributed by atoms with Gasteiger partial charge in [0.05, 0.1) is 0 Å². The van der Waals surface area contributed by atoms with Crippen LogP contribution in [0.15, 0.2) is 12.2 Å². The quantitative estimate of drug-likeness (QED) is 0.416. The molecule has 0 aliphatic carbocycles. The largest absolute Gasteiger partial charge is 0.462 e. The van der Waals surface area contributed by atoms with Crippen LogP contribution in [0.4, 0.5) is 13.2 Å². The van der Waals surface area contributed by atoms with Crippen LogP contribution in [0.2, 0.25) is 0 Å². The van der Waals surface area contributed by atoms with Crippen molar-refractivity contribution in [3.8, 4) is 0 Å². The Bertz CT molecular complexity index is 283. The van der Waals surface area contributed by atoms with E-state index in [9.17, 15) is 22.8 Å². The van der Waals surface area contributed by atoms with Crippen LogP contribution in [0.3, 0.4) is 0 Å². The van der Waals surface area contributed by atoms with Gasteiger partial charge >= 0.3 is 18.1 Å². The van der Waals surface area contributed by atoms with Crippen LogP contribution in [0.5, 0.6) is 0 Å². The number of esters is 2. The molecular weight excluding hydrogens is 229 g/mol. The summed E-state index contributed by atoms with van der Waals surface area (Å²) in [5.74, 6) is -2.09. The molecule has 0 radical (unpaired) electrons. The lowest BCUT2D eigenvalue weighted by atomic mass is 10.4. The Balaban J connectivity index is 3.64. The van der Waals surface area contributed by atoms with Crippen LogP contribution in [-0.2, 0) is 19.1 Å². The maximum absolute atomic E-state index is 11.7. The van der Waals surface area contributed by atoms with Crippen molar-refractivity contribution >= 4 is 11.9 Å². The zero-order valence-corrected chi connectivity index (χ0v) is 8.60. The van der Waals surface area contributed by atoms with Gasteiger partial charge in [-0.3, -0.25) is 4.79 Å².